The molecule has 2 rings (SSSR count). The number of hydrogen-bond donors (Lipinski definition) is 0. The average molecular weight is 224 g/mol. The van der Waals surface area contributed by atoms with Gasteiger partial charge in [0.15, 0.2) is 0 Å². The van der Waals surface area contributed by atoms with E-state index < -0.39 is 11.6 Å². The number of halogens is 2. The molecule has 1 saturated carbocycles. The standard InChI is InChI=1S/C13H14F2O/c1-13(6-5-9(16)7-13)8-10-11(14)3-2-4-12(10)15/h2-4H,5-8H2,1H3. The maximum atomic E-state index is 13.4. The Morgan fingerprint density at radius 2 is 1.94 bits per heavy atom. The minimum absolute atomic E-state index is 0.111. The Morgan fingerprint density at radius 1 is 1.31 bits per heavy atom. The Morgan fingerprint density at radius 3 is 2.44 bits per heavy atom. The molecule has 86 valence electrons. The quantitative estimate of drug-likeness (QED) is 0.753. The van der Waals surface area contributed by atoms with E-state index in [1.165, 1.54) is 18.2 Å². The SMILES string of the molecule is CC1(Cc2c(F)cccc2F)CCC(=O)C1. The van der Waals surface area contributed by atoms with E-state index in [2.05, 4.69) is 0 Å². The van der Waals surface area contributed by atoms with Crippen LogP contribution in [0.3, 0.4) is 0 Å². The molecule has 1 unspecified atom stereocenters. The highest BCUT2D eigenvalue weighted by atomic mass is 19.1. The molecule has 0 radical (unpaired) electrons. The molecule has 0 N–H and O–H groups in total. The molecule has 1 aromatic rings. The number of benzene rings is 1. The van der Waals surface area contributed by atoms with Crippen molar-refractivity contribution in [3.8, 4) is 0 Å². The minimum Gasteiger partial charge on any atom is -0.300 e. The summed E-state index contributed by atoms with van der Waals surface area (Å²) in [7, 11) is 0. The summed E-state index contributed by atoms with van der Waals surface area (Å²) in [5, 5.41) is 0. The highest BCUT2D eigenvalue weighted by Gasteiger charge is 2.35. The number of carbonyl (C=O) groups excluding carboxylic acids is 1. The second-order valence-corrected chi connectivity index (χ2v) is 4.90. The molecule has 1 aliphatic rings. The molecule has 3 heteroatoms. The molecular weight excluding hydrogens is 210 g/mol. The normalized spacial score (nSPS) is 25.1. The smallest absolute Gasteiger partial charge is 0.133 e. The van der Waals surface area contributed by atoms with Crippen molar-refractivity contribution in [3.63, 3.8) is 0 Å². The maximum absolute atomic E-state index is 13.4. The fourth-order valence-electron chi connectivity index (χ4n) is 2.37. The summed E-state index contributed by atoms with van der Waals surface area (Å²) in [4.78, 5) is 11.2. The molecule has 0 aromatic heterocycles. The summed E-state index contributed by atoms with van der Waals surface area (Å²) >= 11 is 0. The highest BCUT2D eigenvalue weighted by Crippen LogP contribution is 2.39. The van der Waals surface area contributed by atoms with Gasteiger partial charge in [-0.15, -0.1) is 0 Å². The van der Waals surface area contributed by atoms with Gasteiger partial charge in [-0.3, -0.25) is 4.79 Å². The molecular formula is C13H14F2O. The summed E-state index contributed by atoms with van der Waals surface area (Å²) in [5.41, 5.74) is -0.167. The first-order valence-electron chi connectivity index (χ1n) is 5.45. The molecule has 1 aromatic carbocycles. The second-order valence-electron chi connectivity index (χ2n) is 4.90. The predicted molar refractivity (Wildman–Crippen MR) is 57.0 cm³/mol. The summed E-state index contributed by atoms with van der Waals surface area (Å²) in [6.07, 6.45) is 1.99. The van der Waals surface area contributed by atoms with Crippen molar-refractivity contribution in [2.45, 2.75) is 32.6 Å². The summed E-state index contributed by atoms with van der Waals surface area (Å²) in [6, 6.07) is 3.88. The lowest BCUT2D eigenvalue weighted by molar-refractivity contribution is -0.117. The van der Waals surface area contributed by atoms with Crippen molar-refractivity contribution < 1.29 is 13.6 Å². The van der Waals surface area contributed by atoms with Crippen LogP contribution in [0.25, 0.3) is 0 Å². The van der Waals surface area contributed by atoms with E-state index in [0.29, 0.717) is 19.3 Å². The van der Waals surface area contributed by atoms with Gasteiger partial charge in [0.05, 0.1) is 0 Å². The zero-order chi connectivity index (χ0) is 11.8. The van der Waals surface area contributed by atoms with Crippen molar-refractivity contribution >= 4 is 5.78 Å². The van der Waals surface area contributed by atoms with Crippen molar-refractivity contribution in [1.29, 1.82) is 0 Å². The molecule has 0 aliphatic heterocycles. The van der Waals surface area contributed by atoms with Crippen molar-refractivity contribution in [1.82, 2.24) is 0 Å². The van der Waals surface area contributed by atoms with E-state index in [0.717, 1.165) is 6.42 Å². The number of ketones is 1. The zero-order valence-electron chi connectivity index (χ0n) is 9.22. The predicted octanol–water partition coefficient (Wildman–Crippen LogP) is 3.27. The Kier molecular flexibility index (Phi) is 2.78. The van der Waals surface area contributed by atoms with Gasteiger partial charge in [0.2, 0.25) is 0 Å². The van der Waals surface area contributed by atoms with Crippen molar-refractivity contribution in [2.24, 2.45) is 5.41 Å². The second kappa shape index (κ2) is 3.96. The lowest BCUT2D eigenvalue weighted by Crippen LogP contribution is -2.17. The number of Topliss-reactive ketones (excluding diaryl/α,β-unsaturated/α-hetero) is 1. The number of hydrogen-bond acceptors (Lipinski definition) is 1. The van der Waals surface area contributed by atoms with Crippen LogP contribution in [-0.2, 0) is 11.2 Å². The van der Waals surface area contributed by atoms with E-state index >= 15 is 0 Å². The Hall–Kier alpha value is -1.25. The first-order valence-corrected chi connectivity index (χ1v) is 5.45. The van der Waals surface area contributed by atoms with Gasteiger partial charge in [-0.2, -0.15) is 0 Å². The fraction of sp³-hybridized carbons (Fsp3) is 0.462. The monoisotopic (exact) mass is 224 g/mol. The average Bonchev–Trinajstić information content (AvgIpc) is 2.53. The molecule has 0 bridgehead atoms. The van der Waals surface area contributed by atoms with Crippen molar-refractivity contribution in [3.05, 3.63) is 35.4 Å². The van der Waals surface area contributed by atoms with Crippen molar-refractivity contribution in [2.75, 3.05) is 0 Å². The van der Waals surface area contributed by atoms with Crippen LogP contribution in [0.15, 0.2) is 18.2 Å². The molecule has 16 heavy (non-hydrogen) atoms. The van der Waals surface area contributed by atoms with Crippen LogP contribution >= 0.6 is 0 Å². The third kappa shape index (κ3) is 2.13. The maximum Gasteiger partial charge on any atom is 0.133 e. The van der Waals surface area contributed by atoms with Crippen LogP contribution in [0, 0.1) is 17.0 Å². The molecule has 1 nitrogen and oxygen atoms in total. The van der Waals surface area contributed by atoms with Crippen LogP contribution in [-0.4, -0.2) is 5.78 Å². The summed E-state index contributed by atoms with van der Waals surface area (Å²) < 4.78 is 26.9. The highest BCUT2D eigenvalue weighted by molar-refractivity contribution is 5.81. The first-order chi connectivity index (χ1) is 7.50. The molecule has 0 saturated heterocycles. The van der Waals surface area contributed by atoms with Gasteiger partial charge in [-0.1, -0.05) is 13.0 Å². The topological polar surface area (TPSA) is 17.1 Å². The Labute approximate surface area is 93.5 Å². The van der Waals surface area contributed by atoms with Crippen LogP contribution in [0.4, 0.5) is 8.78 Å². The van der Waals surface area contributed by atoms with Gasteiger partial charge < -0.3 is 0 Å². The Bertz CT molecular complexity index is 408. The van der Waals surface area contributed by atoms with Crippen LogP contribution in [0.5, 0.6) is 0 Å². The zero-order valence-corrected chi connectivity index (χ0v) is 9.22. The number of rotatable bonds is 2. The molecule has 0 heterocycles. The lowest BCUT2D eigenvalue weighted by atomic mass is 9.82. The van der Waals surface area contributed by atoms with E-state index in [1.54, 1.807) is 0 Å². The van der Waals surface area contributed by atoms with Crippen LogP contribution in [0.1, 0.15) is 31.7 Å². The van der Waals surface area contributed by atoms with Gasteiger partial charge in [-0.05, 0) is 30.4 Å². The largest absolute Gasteiger partial charge is 0.300 e. The fourth-order valence-corrected chi connectivity index (χ4v) is 2.37. The third-order valence-electron chi connectivity index (χ3n) is 3.30. The summed E-state index contributed by atoms with van der Waals surface area (Å²) in [5.74, 6) is -0.833. The van der Waals surface area contributed by atoms with E-state index in [4.69, 9.17) is 0 Å². The van der Waals surface area contributed by atoms with E-state index in [1.807, 2.05) is 6.92 Å². The van der Waals surface area contributed by atoms with Gasteiger partial charge in [-0.25, -0.2) is 8.78 Å². The molecule has 0 spiro atoms. The third-order valence-corrected chi connectivity index (χ3v) is 3.30. The van der Waals surface area contributed by atoms with E-state index in [-0.39, 0.29) is 16.8 Å². The molecule has 1 atom stereocenters. The number of carbonyl (C=O) groups is 1. The lowest BCUT2D eigenvalue weighted by Gasteiger charge is -2.22. The van der Waals surface area contributed by atoms with Crippen LogP contribution in [0.2, 0.25) is 0 Å². The Balaban J connectivity index is 2.24. The van der Waals surface area contributed by atoms with E-state index in [9.17, 15) is 13.6 Å². The molecule has 0 amide bonds. The minimum atomic E-state index is -0.513. The molecule has 1 fully saturated rings. The first kappa shape index (κ1) is 11.2. The summed E-state index contributed by atoms with van der Waals surface area (Å²) in [6.45, 7) is 1.92. The van der Waals surface area contributed by atoms with Gasteiger partial charge >= 0.3 is 0 Å². The van der Waals surface area contributed by atoms with Gasteiger partial charge in [0, 0.05) is 18.4 Å². The van der Waals surface area contributed by atoms with Gasteiger partial charge in [0.25, 0.3) is 0 Å². The van der Waals surface area contributed by atoms with Gasteiger partial charge in [0.1, 0.15) is 17.4 Å². The van der Waals surface area contributed by atoms with Crippen LogP contribution < -0.4 is 0 Å². The molecule has 1 aliphatic carbocycles.